The Labute approximate surface area is 239 Å². The molecule has 0 amide bonds. The number of azo groups is 2. The van der Waals surface area contributed by atoms with E-state index in [9.17, 15) is 28.0 Å². The largest absolute Gasteiger partial charge is 0.507 e. The van der Waals surface area contributed by atoms with Crippen molar-refractivity contribution >= 4 is 49.6 Å². The number of carboxylic acid groups (broad SMARTS) is 1. The molecule has 42 heavy (non-hydrogen) atoms. The molecule has 12 heteroatoms. The summed E-state index contributed by atoms with van der Waals surface area (Å²) in [4.78, 5) is 10.8. The van der Waals surface area contributed by atoms with Crippen LogP contribution in [0.25, 0.3) is 10.8 Å². The maximum Gasteiger partial charge on any atom is 0.339 e. The van der Waals surface area contributed by atoms with Crippen LogP contribution in [0.1, 0.15) is 21.5 Å². The number of rotatable bonds is 8. The molecule has 0 unspecified atom stereocenters. The monoisotopic (exact) mass is 582 g/mol. The number of aromatic hydroxyl groups is 2. The first-order valence-corrected chi connectivity index (χ1v) is 13.8. The summed E-state index contributed by atoms with van der Waals surface area (Å²) in [6.45, 7) is 0. The molecule has 0 radical (unpaired) electrons. The minimum atomic E-state index is -4.55. The van der Waals surface area contributed by atoms with Crippen molar-refractivity contribution in [3.8, 4) is 11.5 Å². The number of carboxylic acids is 1. The van der Waals surface area contributed by atoms with Crippen LogP contribution in [-0.4, -0.2) is 34.3 Å². The number of hydrogen-bond donors (Lipinski definition) is 4. The molecular weight excluding hydrogens is 560 g/mol. The van der Waals surface area contributed by atoms with Gasteiger partial charge >= 0.3 is 5.97 Å². The molecule has 0 aliphatic rings. The number of phenolic OH excluding ortho intramolecular Hbond substituents is 1. The van der Waals surface area contributed by atoms with E-state index in [-0.39, 0.29) is 28.1 Å². The smallest absolute Gasteiger partial charge is 0.339 e. The zero-order chi connectivity index (χ0) is 29.9. The molecule has 0 saturated carbocycles. The van der Waals surface area contributed by atoms with Gasteiger partial charge in [-0.25, -0.2) is 4.79 Å². The molecule has 5 aromatic carbocycles. The van der Waals surface area contributed by atoms with Gasteiger partial charge in [0.1, 0.15) is 22.7 Å². The second kappa shape index (κ2) is 11.6. The first-order chi connectivity index (χ1) is 20.1. The maximum atomic E-state index is 11.7. The molecule has 210 valence electrons. The second-order valence-corrected chi connectivity index (χ2v) is 10.6. The van der Waals surface area contributed by atoms with Crippen molar-refractivity contribution in [2.45, 2.75) is 11.3 Å². The summed E-state index contributed by atoms with van der Waals surface area (Å²) in [5.41, 5.74) is 2.90. The number of hydrogen-bond acceptors (Lipinski definition) is 9. The summed E-state index contributed by atoms with van der Waals surface area (Å²) in [6, 6.07) is 25.6. The minimum absolute atomic E-state index is 0.243. The lowest BCUT2D eigenvalue weighted by Crippen LogP contribution is -1.98. The number of fused-ring (bicyclic) bond motifs is 1. The highest BCUT2D eigenvalue weighted by Crippen LogP contribution is 2.40. The Hall–Kier alpha value is -5.46. The van der Waals surface area contributed by atoms with Crippen LogP contribution in [0.15, 0.2) is 122 Å². The van der Waals surface area contributed by atoms with Crippen molar-refractivity contribution in [3.63, 3.8) is 0 Å². The summed E-state index contributed by atoms with van der Waals surface area (Å²) >= 11 is 0. The van der Waals surface area contributed by atoms with Gasteiger partial charge in [-0.15, -0.1) is 5.11 Å². The van der Waals surface area contributed by atoms with Crippen LogP contribution >= 0.6 is 0 Å². The van der Waals surface area contributed by atoms with E-state index in [1.54, 1.807) is 36.4 Å². The second-order valence-electron chi connectivity index (χ2n) is 9.17. The summed E-state index contributed by atoms with van der Waals surface area (Å²) in [6.07, 6.45) is 0.463. The van der Waals surface area contributed by atoms with Crippen LogP contribution in [0.4, 0.5) is 22.7 Å². The predicted molar refractivity (Wildman–Crippen MR) is 155 cm³/mol. The molecule has 0 heterocycles. The van der Waals surface area contributed by atoms with E-state index in [4.69, 9.17) is 5.11 Å². The van der Waals surface area contributed by atoms with Crippen LogP contribution in [0.3, 0.4) is 0 Å². The van der Waals surface area contributed by atoms with E-state index < -0.39 is 21.0 Å². The van der Waals surface area contributed by atoms with E-state index in [0.29, 0.717) is 28.9 Å². The first kappa shape index (κ1) is 28.1. The minimum Gasteiger partial charge on any atom is -0.507 e. The summed E-state index contributed by atoms with van der Waals surface area (Å²) in [7, 11) is -4.55. The van der Waals surface area contributed by atoms with Gasteiger partial charge in [0, 0.05) is 6.07 Å². The van der Waals surface area contributed by atoms with Gasteiger partial charge < -0.3 is 15.3 Å². The Morgan fingerprint density at radius 1 is 0.690 bits per heavy atom. The van der Waals surface area contributed by atoms with Crippen molar-refractivity contribution < 1.29 is 33.1 Å². The number of benzene rings is 5. The molecule has 0 atom stereocenters. The van der Waals surface area contributed by atoms with E-state index in [2.05, 4.69) is 20.5 Å². The fraction of sp³-hybridized carbons (Fsp3) is 0.0333. The normalized spacial score (nSPS) is 11.9. The van der Waals surface area contributed by atoms with E-state index in [0.717, 1.165) is 17.2 Å². The summed E-state index contributed by atoms with van der Waals surface area (Å²) < 4.78 is 32.9. The quantitative estimate of drug-likeness (QED) is 0.107. The SMILES string of the molecule is O=C(O)c1cc(/N=N/c2ccc(/N=N/c3c(Cc4ccccc4)ccc4cc(S(=O)(=O)O)cc(O)c34)cc2)ccc1O. The van der Waals surface area contributed by atoms with E-state index in [1.807, 2.05) is 30.3 Å². The van der Waals surface area contributed by atoms with Crippen LogP contribution in [0.2, 0.25) is 0 Å². The highest BCUT2D eigenvalue weighted by Gasteiger charge is 2.18. The Kier molecular flexibility index (Phi) is 7.74. The molecule has 0 aromatic heterocycles. The van der Waals surface area contributed by atoms with Gasteiger partial charge in [0.05, 0.1) is 27.3 Å². The van der Waals surface area contributed by atoms with Crippen LogP contribution < -0.4 is 0 Å². The lowest BCUT2D eigenvalue weighted by molar-refractivity contribution is 0.0693. The lowest BCUT2D eigenvalue weighted by Gasteiger charge is -2.12. The third-order valence-electron chi connectivity index (χ3n) is 6.27. The zero-order valence-electron chi connectivity index (χ0n) is 21.7. The molecule has 0 saturated heterocycles. The first-order valence-electron chi connectivity index (χ1n) is 12.4. The Balaban J connectivity index is 1.48. The summed E-state index contributed by atoms with van der Waals surface area (Å²) in [5, 5.41) is 47.1. The molecule has 11 nitrogen and oxygen atoms in total. The van der Waals surface area contributed by atoms with Gasteiger partial charge in [0.25, 0.3) is 10.1 Å². The van der Waals surface area contributed by atoms with Gasteiger partial charge in [-0.1, -0.05) is 42.5 Å². The fourth-order valence-corrected chi connectivity index (χ4v) is 4.77. The highest BCUT2D eigenvalue weighted by molar-refractivity contribution is 7.85. The standard InChI is InChI=1S/C30H22N4O7S/c35-26-13-12-23(16-25(26)30(37)38)33-31-21-8-10-22(11-9-21)32-34-29-20(14-18-4-2-1-3-5-18)7-6-19-15-24(42(39,40)41)17-27(36)28(19)29/h1-13,15-17,35-36H,14H2,(H,37,38)(H,39,40,41)/b33-31+,34-32+. The molecule has 0 fully saturated rings. The topological polar surface area (TPSA) is 182 Å². The van der Waals surface area contributed by atoms with Crippen molar-refractivity contribution in [2.24, 2.45) is 20.5 Å². The zero-order valence-corrected chi connectivity index (χ0v) is 22.5. The average Bonchev–Trinajstić information content (AvgIpc) is 2.96. The number of aromatic carboxylic acids is 1. The third kappa shape index (κ3) is 6.30. The number of nitrogens with zero attached hydrogens (tertiary/aromatic N) is 4. The Morgan fingerprint density at radius 2 is 1.31 bits per heavy atom. The Bertz CT molecular complexity index is 1980. The molecule has 0 bridgehead atoms. The van der Waals surface area contributed by atoms with Crippen LogP contribution in [0, 0.1) is 0 Å². The molecular formula is C30H22N4O7S. The highest BCUT2D eigenvalue weighted by atomic mass is 32.2. The van der Waals surface area contributed by atoms with Crippen molar-refractivity contribution in [1.29, 1.82) is 0 Å². The van der Waals surface area contributed by atoms with Crippen LogP contribution in [-0.2, 0) is 16.5 Å². The molecule has 5 rings (SSSR count). The van der Waals surface area contributed by atoms with Gasteiger partial charge in [-0.3, -0.25) is 4.55 Å². The van der Waals surface area contributed by atoms with Gasteiger partial charge in [0.2, 0.25) is 0 Å². The molecule has 4 N–H and O–H groups in total. The molecule has 0 aliphatic carbocycles. The van der Waals surface area contributed by atoms with Crippen molar-refractivity contribution in [3.05, 3.63) is 114 Å². The van der Waals surface area contributed by atoms with Gasteiger partial charge in [0.15, 0.2) is 0 Å². The molecule has 5 aromatic rings. The lowest BCUT2D eigenvalue weighted by atomic mass is 9.98. The van der Waals surface area contributed by atoms with Crippen molar-refractivity contribution in [2.75, 3.05) is 0 Å². The number of phenols is 2. The summed E-state index contributed by atoms with van der Waals surface area (Å²) in [5.74, 6) is -2.04. The molecule has 0 spiro atoms. The van der Waals surface area contributed by atoms with Crippen LogP contribution in [0.5, 0.6) is 11.5 Å². The van der Waals surface area contributed by atoms with Gasteiger partial charge in [-0.2, -0.15) is 23.8 Å². The third-order valence-corrected chi connectivity index (χ3v) is 7.10. The maximum absolute atomic E-state index is 11.7. The predicted octanol–water partition coefficient (Wildman–Crippen LogP) is 7.62. The fourth-order valence-electron chi connectivity index (χ4n) is 4.23. The molecule has 0 aliphatic heterocycles. The van der Waals surface area contributed by atoms with Gasteiger partial charge in [-0.05, 0) is 71.5 Å². The average molecular weight is 583 g/mol. The number of carbonyl (C=O) groups is 1. The van der Waals surface area contributed by atoms with Crippen molar-refractivity contribution in [1.82, 2.24) is 0 Å². The van der Waals surface area contributed by atoms with E-state index in [1.165, 1.54) is 24.3 Å². The Morgan fingerprint density at radius 3 is 1.95 bits per heavy atom. The van der Waals surface area contributed by atoms with E-state index >= 15 is 0 Å².